The Morgan fingerprint density at radius 1 is 1.08 bits per heavy atom. The first-order valence-corrected chi connectivity index (χ1v) is 12.8. The summed E-state index contributed by atoms with van der Waals surface area (Å²) < 4.78 is 3.57. The van der Waals surface area contributed by atoms with Gasteiger partial charge in [-0.05, 0) is 62.1 Å². The average Bonchev–Trinajstić information content (AvgIpc) is 3.53. The van der Waals surface area contributed by atoms with Crippen molar-refractivity contribution in [3.8, 4) is 5.82 Å². The van der Waals surface area contributed by atoms with E-state index in [9.17, 15) is 4.79 Å². The number of nitrogens with one attached hydrogen (secondary N) is 2. The Hall–Kier alpha value is -3.52. The Morgan fingerprint density at radius 3 is 2.64 bits per heavy atom. The third-order valence-corrected chi connectivity index (χ3v) is 7.66. The van der Waals surface area contributed by atoms with E-state index in [2.05, 4.69) is 60.7 Å². The van der Waals surface area contributed by atoms with Crippen molar-refractivity contribution in [1.29, 1.82) is 0 Å². The normalized spacial score (nSPS) is 17.8. The molecule has 4 aromatic rings. The summed E-state index contributed by atoms with van der Waals surface area (Å²) >= 11 is 0. The lowest BCUT2D eigenvalue weighted by molar-refractivity contribution is 0.435. The quantitative estimate of drug-likeness (QED) is 0.426. The topological polar surface area (TPSA) is 89.7 Å². The van der Waals surface area contributed by atoms with E-state index < -0.39 is 0 Å². The molecule has 0 saturated heterocycles. The average molecular weight is 484 g/mol. The number of hydrogen-bond acceptors (Lipinski definition) is 6. The Kier molecular flexibility index (Phi) is 5.09. The van der Waals surface area contributed by atoms with Crippen LogP contribution in [-0.4, -0.2) is 30.9 Å². The first kappa shape index (κ1) is 22.9. The van der Waals surface area contributed by atoms with Crippen LogP contribution < -0.4 is 16.2 Å². The van der Waals surface area contributed by atoms with Crippen LogP contribution in [0.2, 0.25) is 0 Å². The molecule has 8 nitrogen and oxygen atoms in total. The molecule has 2 N–H and O–H groups in total. The van der Waals surface area contributed by atoms with E-state index in [1.54, 1.807) is 10.9 Å². The molecule has 3 aromatic heterocycles. The summed E-state index contributed by atoms with van der Waals surface area (Å²) in [6, 6.07) is 12.4. The molecular weight excluding hydrogens is 450 g/mol. The van der Waals surface area contributed by atoms with Crippen molar-refractivity contribution in [2.75, 3.05) is 11.9 Å². The molecule has 1 aliphatic heterocycles. The zero-order chi connectivity index (χ0) is 25.2. The summed E-state index contributed by atoms with van der Waals surface area (Å²) in [6.07, 6.45) is 3.89. The maximum Gasteiger partial charge on any atom is 0.278 e. The Morgan fingerprint density at radius 2 is 1.89 bits per heavy atom. The zero-order valence-electron chi connectivity index (χ0n) is 21.6. The molecule has 36 heavy (non-hydrogen) atoms. The van der Waals surface area contributed by atoms with E-state index in [-0.39, 0.29) is 22.4 Å². The minimum atomic E-state index is -0.113. The molecule has 1 fully saturated rings. The van der Waals surface area contributed by atoms with Gasteiger partial charge in [0, 0.05) is 47.5 Å². The molecule has 0 atom stereocenters. The van der Waals surface area contributed by atoms with Gasteiger partial charge in [-0.25, -0.2) is 19.3 Å². The summed E-state index contributed by atoms with van der Waals surface area (Å²) in [5.74, 6) is 1.15. The lowest BCUT2D eigenvalue weighted by atomic mass is 9.79. The molecule has 0 radical (unpaired) electrons. The van der Waals surface area contributed by atoms with E-state index in [4.69, 9.17) is 9.97 Å². The van der Waals surface area contributed by atoms with Gasteiger partial charge in [-0.15, -0.1) is 0 Å². The molecule has 0 unspecified atom stereocenters. The number of aromatic nitrogens is 5. The number of rotatable bonds is 5. The molecule has 0 amide bonds. The molecule has 1 aliphatic carbocycles. The number of pyridine rings is 1. The zero-order valence-corrected chi connectivity index (χ0v) is 21.6. The molecule has 1 aromatic carbocycles. The predicted octanol–water partition coefficient (Wildman–Crippen LogP) is 4.73. The molecule has 186 valence electrons. The van der Waals surface area contributed by atoms with Crippen molar-refractivity contribution in [3.63, 3.8) is 0 Å². The van der Waals surface area contributed by atoms with Gasteiger partial charge in [0.05, 0.1) is 0 Å². The third-order valence-electron chi connectivity index (χ3n) is 7.66. The molecule has 4 heterocycles. The van der Waals surface area contributed by atoms with Crippen LogP contribution in [0.25, 0.3) is 16.9 Å². The van der Waals surface area contributed by atoms with Gasteiger partial charge < -0.3 is 10.6 Å². The monoisotopic (exact) mass is 483 g/mol. The molecular formula is C28H33N7O. The summed E-state index contributed by atoms with van der Waals surface area (Å²) in [4.78, 5) is 27.6. The minimum absolute atomic E-state index is 0.0680. The van der Waals surface area contributed by atoms with Gasteiger partial charge in [0.1, 0.15) is 5.39 Å². The van der Waals surface area contributed by atoms with Crippen molar-refractivity contribution in [3.05, 3.63) is 69.8 Å². The molecule has 1 saturated carbocycles. The van der Waals surface area contributed by atoms with Gasteiger partial charge in [0.25, 0.3) is 5.56 Å². The highest BCUT2D eigenvalue weighted by atomic mass is 16.1. The van der Waals surface area contributed by atoms with E-state index in [0.717, 1.165) is 37.3 Å². The van der Waals surface area contributed by atoms with E-state index in [1.165, 1.54) is 11.1 Å². The highest BCUT2D eigenvalue weighted by Crippen LogP contribution is 2.46. The number of hydrogen-bond donors (Lipinski definition) is 2. The van der Waals surface area contributed by atoms with Crippen LogP contribution in [0.1, 0.15) is 70.3 Å². The Labute approximate surface area is 210 Å². The van der Waals surface area contributed by atoms with Crippen molar-refractivity contribution < 1.29 is 0 Å². The maximum absolute atomic E-state index is 13.4. The summed E-state index contributed by atoms with van der Waals surface area (Å²) in [6.45, 7) is 12.6. The molecule has 0 spiro atoms. The first-order valence-electron chi connectivity index (χ1n) is 12.8. The molecule has 8 heteroatoms. The largest absolute Gasteiger partial charge is 0.324 e. The second-order valence-electron chi connectivity index (χ2n) is 11.4. The van der Waals surface area contributed by atoms with Crippen molar-refractivity contribution in [2.45, 2.75) is 70.9 Å². The van der Waals surface area contributed by atoms with Crippen LogP contribution in [0, 0.1) is 0 Å². The fourth-order valence-electron chi connectivity index (χ4n) is 5.28. The van der Waals surface area contributed by atoms with Gasteiger partial charge in [0.2, 0.25) is 5.95 Å². The lowest BCUT2D eigenvalue weighted by Gasteiger charge is -2.33. The van der Waals surface area contributed by atoms with Crippen LogP contribution in [-0.2, 0) is 17.4 Å². The van der Waals surface area contributed by atoms with Crippen LogP contribution in [0.5, 0.6) is 0 Å². The van der Waals surface area contributed by atoms with Crippen LogP contribution in [0.3, 0.4) is 0 Å². The van der Waals surface area contributed by atoms with Crippen LogP contribution in [0.15, 0.2) is 47.4 Å². The number of anilines is 2. The van der Waals surface area contributed by atoms with Gasteiger partial charge in [-0.3, -0.25) is 4.79 Å². The summed E-state index contributed by atoms with van der Waals surface area (Å²) in [5.41, 5.74) is 5.27. The summed E-state index contributed by atoms with van der Waals surface area (Å²) in [5, 5.41) is 7.35. The van der Waals surface area contributed by atoms with Crippen LogP contribution >= 0.6 is 0 Å². The molecule has 2 aliphatic rings. The number of fused-ring (bicyclic) bond motifs is 2. The SMILES string of the molecule is CC(C)n1c(=O)c2cnc(Nc3ccc4c(c3)CNCC4(C)C)nc2n1-c1cccc(C2(C)CC2)n1. The predicted molar refractivity (Wildman–Crippen MR) is 142 cm³/mol. The maximum atomic E-state index is 13.4. The van der Waals surface area contributed by atoms with E-state index in [1.807, 2.05) is 30.7 Å². The highest BCUT2D eigenvalue weighted by molar-refractivity contribution is 5.77. The number of benzene rings is 1. The van der Waals surface area contributed by atoms with E-state index >= 15 is 0 Å². The van der Waals surface area contributed by atoms with Crippen LogP contribution in [0.4, 0.5) is 11.6 Å². The Bertz CT molecular complexity index is 1540. The van der Waals surface area contributed by atoms with Crippen molar-refractivity contribution in [1.82, 2.24) is 29.6 Å². The molecule has 6 rings (SSSR count). The lowest BCUT2D eigenvalue weighted by Crippen LogP contribution is -2.38. The highest BCUT2D eigenvalue weighted by Gasteiger charge is 2.40. The standard InChI is InChI=1S/C28H33N7O/c1-17(2)34-25(36)20-15-30-26(31-19-9-10-21-18(13-19)14-29-16-27(21,3)4)33-24(20)35(34)23-8-6-7-22(32-23)28(5)11-12-28/h6-10,13,15,17,29H,11-12,14,16H2,1-5H3,(H,30,31,33). The Balaban J connectivity index is 1.44. The van der Waals surface area contributed by atoms with Crippen molar-refractivity contribution >= 4 is 22.7 Å². The number of nitrogens with zero attached hydrogens (tertiary/aromatic N) is 5. The fourth-order valence-corrected chi connectivity index (χ4v) is 5.28. The minimum Gasteiger partial charge on any atom is -0.324 e. The smallest absolute Gasteiger partial charge is 0.278 e. The second-order valence-corrected chi connectivity index (χ2v) is 11.4. The van der Waals surface area contributed by atoms with Gasteiger partial charge >= 0.3 is 0 Å². The van der Waals surface area contributed by atoms with Crippen molar-refractivity contribution in [2.24, 2.45) is 0 Å². The fraction of sp³-hybridized carbons (Fsp3) is 0.429. The summed E-state index contributed by atoms with van der Waals surface area (Å²) in [7, 11) is 0. The first-order chi connectivity index (χ1) is 17.2. The molecule has 0 bridgehead atoms. The van der Waals surface area contributed by atoms with Gasteiger partial charge in [0.15, 0.2) is 11.5 Å². The second kappa shape index (κ2) is 8.00. The van der Waals surface area contributed by atoms with Gasteiger partial charge in [-0.1, -0.05) is 32.9 Å². The van der Waals surface area contributed by atoms with E-state index in [0.29, 0.717) is 22.8 Å². The van der Waals surface area contributed by atoms with Gasteiger partial charge in [-0.2, -0.15) is 4.98 Å². The third kappa shape index (κ3) is 3.71.